The summed E-state index contributed by atoms with van der Waals surface area (Å²) in [5.41, 5.74) is 0. The van der Waals surface area contributed by atoms with Gasteiger partial charge in [0.15, 0.2) is 0 Å². The van der Waals surface area contributed by atoms with Crippen LogP contribution in [0.15, 0.2) is 29.6 Å². The van der Waals surface area contributed by atoms with Crippen LogP contribution in [-0.2, 0) is 0 Å². The van der Waals surface area contributed by atoms with Crippen LogP contribution < -0.4 is 0 Å². The van der Waals surface area contributed by atoms with Gasteiger partial charge in [-0.15, -0.1) is 22.7 Å². The van der Waals surface area contributed by atoms with Gasteiger partial charge >= 0.3 is 0 Å². The fraction of sp³-hybridized carbons (Fsp3) is 0.0909. The molecule has 3 rings (SSSR count). The quantitative estimate of drug-likeness (QED) is 0.508. The van der Waals surface area contributed by atoms with Crippen molar-refractivity contribution in [2.24, 2.45) is 0 Å². The summed E-state index contributed by atoms with van der Waals surface area (Å²) < 4.78 is 2.81. The third-order valence-corrected chi connectivity index (χ3v) is 4.11. The summed E-state index contributed by atoms with van der Waals surface area (Å²) in [6.07, 6.45) is 0. The standard InChI is InChI=1S/C11H8S2/c1-7-4-9-5-8-2-3-12-10(8)6-11(9)13-7/h2-6H,1H3. The van der Waals surface area contributed by atoms with Crippen molar-refractivity contribution in [3.05, 3.63) is 34.5 Å². The van der Waals surface area contributed by atoms with Crippen LogP contribution in [0.25, 0.3) is 20.2 Å². The van der Waals surface area contributed by atoms with Crippen LogP contribution in [0.4, 0.5) is 0 Å². The Hall–Kier alpha value is -0.860. The zero-order valence-corrected chi connectivity index (χ0v) is 8.84. The van der Waals surface area contributed by atoms with E-state index >= 15 is 0 Å². The molecule has 0 spiro atoms. The molecule has 3 aromatic rings. The molecule has 0 unspecified atom stereocenters. The molecule has 0 aliphatic rings. The van der Waals surface area contributed by atoms with Crippen molar-refractivity contribution in [1.29, 1.82) is 0 Å². The molecule has 0 aliphatic carbocycles. The summed E-state index contributed by atoms with van der Waals surface area (Å²) in [4.78, 5) is 1.40. The second-order valence-electron chi connectivity index (χ2n) is 3.21. The molecule has 0 bridgehead atoms. The summed E-state index contributed by atoms with van der Waals surface area (Å²) in [5, 5.41) is 4.91. The van der Waals surface area contributed by atoms with E-state index in [-0.39, 0.29) is 0 Å². The molecule has 2 aromatic heterocycles. The molecule has 0 aliphatic heterocycles. The van der Waals surface area contributed by atoms with Gasteiger partial charge in [-0.3, -0.25) is 0 Å². The monoisotopic (exact) mass is 204 g/mol. The zero-order chi connectivity index (χ0) is 8.84. The molecule has 64 valence electrons. The maximum absolute atomic E-state index is 2.30. The number of thiophene rings is 2. The molecular weight excluding hydrogens is 196 g/mol. The van der Waals surface area contributed by atoms with Gasteiger partial charge < -0.3 is 0 Å². The van der Waals surface area contributed by atoms with Crippen molar-refractivity contribution < 1.29 is 0 Å². The summed E-state index contributed by atoms with van der Waals surface area (Å²) in [5.74, 6) is 0. The van der Waals surface area contributed by atoms with E-state index in [0.717, 1.165) is 0 Å². The van der Waals surface area contributed by atoms with Crippen molar-refractivity contribution in [2.75, 3.05) is 0 Å². The van der Waals surface area contributed by atoms with E-state index in [1.807, 2.05) is 22.7 Å². The highest BCUT2D eigenvalue weighted by Crippen LogP contribution is 2.31. The molecule has 0 saturated heterocycles. The number of benzene rings is 1. The van der Waals surface area contributed by atoms with E-state index in [1.54, 1.807) is 0 Å². The minimum absolute atomic E-state index is 1.37. The molecule has 0 atom stereocenters. The van der Waals surface area contributed by atoms with E-state index < -0.39 is 0 Å². The largest absolute Gasteiger partial charge is 0.144 e. The predicted molar refractivity (Wildman–Crippen MR) is 61.9 cm³/mol. The molecule has 1 aromatic carbocycles. The average molecular weight is 204 g/mol. The van der Waals surface area contributed by atoms with Crippen LogP contribution in [0.1, 0.15) is 4.88 Å². The maximum atomic E-state index is 2.30. The van der Waals surface area contributed by atoms with E-state index in [0.29, 0.717) is 0 Å². The van der Waals surface area contributed by atoms with Crippen molar-refractivity contribution in [3.63, 3.8) is 0 Å². The van der Waals surface area contributed by atoms with Crippen LogP contribution in [0, 0.1) is 6.92 Å². The Morgan fingerprint density at radius 3 is 2.85 bits per heavy atom. The zero-order valence-electron chi connectivity index (χ0n) is 7.20. The number of rotatable bonds is 0. The van der Waals surface area contributed by atoms with Gasteiger partial charge in [0, 0.05) is 14.3 Å². The first kappa shape index (κ1) is 7.54. The first-order chi connectivity index (χ1) is 6.33. The van der Waals surface area contributed by atoms with Gasteiger partial charge in [-0.1, -0.05) is 0 Å². The number of aryl methyl sites for hydroxylation is 1. The molecule has 2 heteroatoms. The van der Waals surface area contributed by atoms with Gasteiger partial charge in [0.2, 0.25) is 0 Å². The second kappa shape index (κ2) is 2.56. The minimum atomic E-state index is 1.37. The van der Waals surface area contributed by atoms with Gasteiger partial charge in [-0.05, 0) is 47.3 Å². The van der Waals surface area contributed by atoms with Gasteiger partial charge in [0.1, 0.15) is 0 Å². The Morgan fingerprint density at radius 2 is 1.92 bits per heavy atom. The van der Waals surface area contributed by atoms with Crippen LogP contribution in [0.2, 0.25) is 0 Å². The highest BCUT2D eigenvalue weighted by atomic mass is 32.1. The fourth-order valence-corrected chi connectivity index (χ4v) is 3.46. The van der Waals surface area contributed by atoms with Gasteiger partial charge in [-0.25, -0.2) is 0 Å². The van der Waals surface area contributed by atoms with E-state index in [9.17, 15) is 0 Å². The van der Waals surface area contributed by atoms with Crippen molar-refractivity contribution in [3.8, 4) is 0 Å². The number of hydrogen-bond donors (Lipinski definition) is 0. The molecular formula is C11H8S2. The Bertz CT molecular complexity index is 524. The van der Waals surface area contributed by atoms with Crippen LogP contribution >= 0.6 is 22.7 Å². The normalized spacial score (nSPS) is 11.5. The van der Waals surface area contributed by atoms with Crippen LogP contribution in [0.3, 0.4) is 0 Å². The molecule has 0 saturated carbocycles. The van der Waals surface area contributed by atoms with E-state index in [4.69, 9.17) is 0 Å². The Kier molecular flexibility index (Phi) is 1.49. The van der Waals surface area contributed by atoms with E-state index in [1.165, 1.54) is 25.0 Å². The predicted octanol–water partition coefficient (Wildman–Crippen LogP) is 4.42. The molecule has 13 heavy (non-hydrogen) atoms. The fourth-order valence-electron chi connectivity index (χ4n) is 1.63. The van der Waals surface area contributed by atoms with Gasteiger partial charge in [-0.2, -0.15) is 0 Å². The van der Waals surface area contributed by atoms with Crippen molar-refractivity contribution in [1.82, 2.24) is 0 Å². The Labute approximate surface area is 84.4 Å². The molecule has 0 amide bonds. The van der Waals surface area contributed by atoms with Crippen molar-refractivity contribution >= 4 is 42.8 Å². The molecule has 0 N–H and O–H groups in total. The van der Waals surface area contributed by atoms with Crippen molar-refractivity contribution in [2.45, 2.75) is 6.92 Å². The summed E-state index contributed by atoms with van der Waals surface area (Å²) in [6.45, 7) is 2.17. The highest BCUT2D eigenvalue weighted by molar-refractivity contribution is 7.20. The van der Waals surface area contributed by atoms with Gasteiger partial charge in [0.05, 0.1) is 0 Å². The molecule has 0 nitrogen and oxygen atoms in total. The van der Waals surface area contributed by atoms with Crippen LogP contribution in [0.5, 0.6) is 0 Å². The first-order valence-corrected chi connectivity index (χ1v) is 5.90. The highest BCUT2D eigenvalue weighted by Gasteiger charge is 2.01. The number of fused-ring (bicyclic) bond motifs is 2. The van der Waals surface area contributed by atoms with E-state index in [2.05, 4.69) is 36.6 Å². The molecule has 0 radical (unpaired) electrons. The summed E-state index contributed by atoms with van der Waals surface area (Å²) >= 11 is 3.70. The lowest BCUT2D eigenvalue weighted by molar-refractivity contribution is 1.66. The topological polar surface area (TPSA) is 0 Å². The maximum Gasteiger partial charge on any atom is 0.0360 e. The molecule has 0 fully saturated rings. The third-order valence-electron chi connectivity index (χ3n) is 2.21. The molecule has 2 heterocycles. The average Bonchev–Trinajstić information content (AvgIpc) is 2.63. The Morgan fingerprint density at radius 1 is 1.00 bits per heavy atom. The lowest BCUT2D eigenvalue weighted by atomic mass is 10.2. The summed E-state index contributed by atoms with van der Waals surface area (Å²) in [7, 11) is 0. The van der Waals surface area contributed by atoms with Crippen LogP contribution in [-0.4, -0.2) is 0 Å². The Balaban J connectivity index is 2.54. The lowest BCUT2D eigenvalue weighted by Crippen LogP contribution is -1.62. The first-order valence-electron chi connectivity index (χ1n) is 4.20. The summed E-state index contributed by atoms with van der Waals surface area (Å²) in [6, 6.07) is 9.03. The SMILES string of the molecule is Cc1cc2cc3ccsc3cc2s1. The van der Waals surface area contributed by atoms with Gasteiger partial charge in [0.25, 0.3) is 0 Å². The smallest absolute Gasteiger partial charge is 0.0360 e. The lowest BCUT2D eigenvalue weighted by Gasteiger charge is -1.89. The minimum Gasteiger partial charge on any atom is -0.144 e. The second-order valence-corrected chi connectivity index (χ2v) is 5.44. The number of hydrogen-bond acceptors (Lipinski definition) is 2. The third kappa shape index (κ3) is 1.10.